The molecule has 1 aliphatic rings. The van der Waals surface area contributed by atoms with Gasteiger partial charge in [0.05, 0.1) is 13.7 Å². The van der Waals surface area contributed by atoms with E-state index in [1.54, 1.807) is 14.2 Å². The minimum absolute atomic E-state index is 0.317. The van der Waals surface area contributed by atoms with E-state index in [0.717, 1.165) is 17.1 Å². The van der Waals surface area contributed by atoms with Crippen LogP contribution in [0, 0.1) is 0 Å². The van der Waals surface area contributed by atoms with Gasteiger partial charge in [-0.05, 0) is 6.07 Å². The minimum atomic E-state index is -0.317. The molecule has 4 heteroatoms. The zero-order valence-electron chi connectivity index (χ0n) is 8.86. The van der Waals surface area contributed by atoms with Crippen LogP contribution in [0.2, 0.25) is 0 Å². The molecule has 15 heavy (non-hydrogen) atoms. The predicted molar refractivity (Wildman–Crippen MR) is 54.1 cm³/mol. The molecule has 0 spiro atoms. The number of hydrogen-bond donors (Lipinski definition) is 0. The summed E-state index contributed by atoms with van der Waals surface area (Å²) in [6.07, 6.45) is -0.317. The van der Waals surface area contributed by atoms with E-state index in [0.29, 0.717) is 13.2 Å². The van der Waals surface area contributed by atoms with Crippen LogP contribution >= 0.6 is 0 Å². The number of rotatable bonds is 2. The summed E-state index contributed by atoms with van der Waals surface area (Å²) in [5, 5.41) is 0. The molecule has 1 heterocycles. The van der Waals surface area contributed by atoms with Crippen LogP contribution in [0.5, 0.6) is 11.5 Å². The predicted octanol–water partition coefficient (Wildman–Crippen LogP) is 1.58. The van der Waals surface area contributed by atoms with Gasteiger partial charge in [-0.15, -0.1) is 0 Å². The van der Waals surface area contributed by atoms with Crippen molar-refractivity contribution in [2.24, 2.45) is 0 Å². The summed E-state index contributed by atoms with van der Waals surface area (Å²) in [4.78, 5) is 0. The average molecular weight is 210 g/mol. The largest absolute Gasteiger partial charge is 0.493 e. The van der Waals surface area contributed by atoms with E-state index in [1.165, 1.54) is 0 Å². The van der Waals surface area contributed by atoms with Gasteiger partial charge in [-0.3, -0.25) is 0 Å². The number of methoxy groups -OCH3 is 2. The maximum atomic E-state index is 5.60. The molecule has 1 unspecified atom stereocenters. The van der Waals surface area contributed by atoms with Crippen LogP contribution in [-0.4, -0.2) is 27.1 Å². The summed E-state index contributed by atoms with van der Waals surface area (Å²) in [5.41, 5.74) is 0.980. The second-order valence-electron chi connectivity index (χ2n) is 3.24. The lowest BCUT2D eigenvalue weighted by molar-refractivity contribution is -0.141. The second-order valence-corrected chi connectivity index (χ2v) is 3.24. The minimum Gasteiger partial charge on any atom is -0.493 e. The highest BCUT2D eigenvalue weighted by Crippen LogP contribution is 2.33. The Morgan fingerprint density at radius 3 is 2.93 bits per heavy atom. The summed E-state index contributed by atoms with van der Waals surface area (Å²) in [7, 11) is 3.22. The first kappa shape index (κ1) is 10.3. The molecule has 0 bridgehead atoms. The summed E-state index contributed by atoms with van der Waals surface area (Å²) in [6, 6.07) is 5.74. The van der Waals surface area contributed by atoms with Crippen molar-refractivity contribution in [1.29, 1.82) is 0 Å². The first-order valence-electron chi connectivity index (χ1n) is 4.78. The molecular formula is C11H14O4. The van der Waals surface area contributed by atoms with Gasteiger partial charge >= 0.3 is 0 Å². The van der Waals surface area contributed by atoms with Gasteiger partial charge < -0.3 is 18.9 Å². The van der Waals surface area contributed by atoms with E-state index < -0.39 is 0 Å². The Hall–Kier alpha value is -1.26. The molecule has 0 N–H and O–H groups in total. The van der Waals surface area contributed by atoms with Crippen molar-refractivity contribution in [3.63, 3.8) is 0 Å². The molecule has 0 saturated heterocycles. The fraction of sp³-hybridized carbons (Fsp3) is 0.455. The molecule has 0 amide bonds. The highest BCUT2D eigenvalue weighted by molar-refractivity contribution is 5.46. The molecule has 82 valence electrons. The SMILES string of the molecule is COc1cccc2c1OCC(OC)OC2. The van der Waals surface area contributed by atoms with E-state index in [2.05, 4.69) is 0 Å². The smallest absolute Gasteiger partial charge is 0.191 e. The van der Waals surface area contributed by atoms with Crippen molar-refractivity contribution < 1.29 is 18.9 Å². The molecule has 2 rings (SSSR count). The van der Waals surface area contributed by atoms with Gasteiger partial charge in [0, 0.05) is 12.7 Å². The van der Waals surface area contributed by atoms with E-state index in [4.69, 9.17) is 18.9 Å². The molecule has 1 atom stereocenters. The topological polar surface area (TPSA) is 36.9 Å². The maximum absolute atomic E-state index is 5.60. The zero-order chi connectivity index (χ0) is 10.7. The Morgan fingerprint density at radius 1 is 1.33 bits per heavy atom. The Kier molecular flexibility index (Phi) is 3.08. The summed E-state index contributed by atoms with van der Waals surface area (Å²) in [6.45, 7) is 0.856. The van der Waals surface area contributed by atoms with Crippen LogP contribution in [0.15, 0.2) is 18.2 Å². The first-order chi connectivity index (χ1) is 7.35. The molecular weight excluding hydrogens is 196 g/mol. The molecule has 0 fully saturated rings. The van der Waals surface area contributed by atoms with E-state index in [9.17, 15) is 0 Å². The van der Waals surface area contributed by atoms with Crippen LogP contribution < -0.4 is 9.47 Å². The zero-order valence-corrected chi connectivity index (χ0v) is 8.86. The number of ether oxygens (including phenoxy) is 4. The van der Waals surface area contributed by atoms with Crippen LogP contribution in [0.1, 0.15) is 5.56 Å². The molecule has 0 aromatic heterocycles. The van der Waals surface area contributed by atoms with Crippen LogP contribution in [-0.2, 0) is 16.1 Å². The van der Waals surface area contributed by atoms with Crippen molar-refractivity contribution >= 4 is 0 Å². The molecule has 1 aromatic rings. The second kappa shape index (κ2) is 4.51. The third-order valence-corrected chi connectivity index (χ3v) is 2.33. The maximum Gasteiger partial charge on any atom is 0.191 e. The molecule has 4 nitrogen and oxygen atoms in total. The molecule has 0 aliphatic carbocycles. The van der Waals surface area contributed by atoms with Crippen LogP contribution in [0.3, 0.4) is 0 Å². The Balaban J connectivity index is 2.26. The van der Waals surface area contributed by atoms with Crippen molar-refractivity contribution in [2.75, 3.05) is 20.8 Å². The lowest BCUT2D eigenvalue weighted by Gasteiger charge is -2.12. The van der Waals surface area contributed by atoms with Gasteiger partial charge in [0.15, 0.2) is 17.8 Å². The van der Waals surface area contributed by atoms with Crippen molar-refractivity contribution in [3.8, 4) is 11.5 Å². The van der Waals surface area contributed by atoms with E-state index >= 15 is 0 Å². The highest BCUT2D eigenvalue weighted by Gasteiger charge is 2.19. The molecule has 0 radical (unpaired) electrons. The number of benzene rings is 1. The quantitative estimate of drug-likeness (QED) is 0.742. The highest BCUT2D eigenvalue weighted by atomic mass is 16.7. The molecule has 1 aromatic carbocycles. The van der Waals surface area contributed by atoms with Gasteiger partial charge in [-0.25, -0.2) is 0 Å². The van der Waals surface area contributed by atoms with Crippen LogP contribution in [0.4, 0.5) is 0 Å². The Morgan fingerprint density at radius 2 is 2.20 bits per heavy atom. The summed E-state index contributed by atoms with van der Waals surface area (Å²) < 4.78 is 21.4. The fourth-order valence-electron chi connectivity index (χ4n) is 1.52. The molecule has 0 saturated carbocycles. The number of hydrogen-bond acceptors (Lipinski definition) is 4. The third kappa shape index (κ3) is 2.06. The lowest BCUT2D eigenvalue weighted by Crippen LogP contribution is -2.21. The Labute approximate surface area is 88.7 Å². The monoisotopic (exact) mass is 210 g/mol. The average Bonchev–Trinajstić information content (AvgIpc) is 2.50. The normalized spacial score (nSPS) is 20.0. The van der Waals surface area contributed by atoms with E-state index in [-0.39, 0.29) is 6.29 Å². The van der Waals surface area contributed by atoms with Gasteiger partial charge in [-0.1, -0.05) is 12.1 Å². The van der Waals surface area contributed by atoms with Gasteiger partial charge in [0.25, 0.3) is 0 Å². The van der Waals surface area contributed by atoms with Crippen molar-refractivity contribution in [1.82, 2.24) is 0 Å². The standard InChI is InChI=1S/C11H14O4/c1-12-9-5-3-4-8-6-14-10(13-2)7-15-11(8)9/h3-5,10H,6-7H2,1-2H3. The molecule has 1 aliphatic heterocycles. The lowest BCUT2D eigenvalue weighted by atomic mass is 10.2. The van der Waals surface area contributed by atoms with Gasteiger partial charge in [0.2, 0.25) is 0 Å². The summed E-state index contributed by atoms with van der Waals surface area (Å²) >= 11 is 0. The van der Waals surface area contributed by atoms with Crippen molar-refractivity contribution in [3.05, 3.63) is 23.8 Å². The van der Waals surface area contributed by atoms with Gasteiger partial charge in [0.1, 0.15) is 6.61 Å². The fourth-order valence-corrected chi connectivity index (χ4v) is 1.52. The van der Waals surface area contributed by atoms with Gasteiger partial charge in [-0.2, -0.15) is 0 Å². The van der Waals surface area contributed by atoms with Crippen LogP contribution in [0.25, 0.3) is 0 Å². The Bertz CT molecular complexity index is 337. The number of para-hydroxylation sites is 1. The van der Waals surface area contributed by atoms with E-state index in [1.807, 2.05) is 18.2 Å². The third-order valence-electron chi connectivity index (χ3n) is 2.33. The van der Waals surface area contributed by atoms with Crippen molar-refractivity contribution in [2.45, 2.75) is 12.9 Å². The first-order valence-corrected chi connectivity index (χ1v) is 4.78. The number of fused-ring (bicyclic) bond motifs is 1. The summed E-state index contributed by atoms with van der Waals surface area (Å²) in [5.74, 6) is 1.48.